The summed E-state index contributed by atoms with van der Waals surface area (Å²) in [6, 6.07) is 0. The minimum Gasteiger partial charge on any atom is -0.0956 e. The van der Waals surface area contributed by atoms with Crippen LogP contribution in [0.3, 0.4) is 0 Å². The Morgan fingerprint density at radius 2 is 1.82 bits per heavy atom. The Labute approximate surface area is 71.0 Å². The maximum Gasteiger partial charge on any atom is -0.0308 e. The Hall–Kier alpha value is -0.520. The summed E-state index contributed by atoms with van der Waals surface area (Å²) in [7, 11) is 0. The van der Waals surface area contributed by atoms with Crippen LogP contribution in [0.2, 0.25) is 0 Å². The van der Waals surface area contributed by atoms with Crippen molar-refractivity contribution in [2.75, 3.05) is 0 Å². The van der Waals surface area contributed by atoms with Crippen molar-refractivity contribution in [2.45, 2.75) is 46.5 Å². The Morgan fingerprint density at radius 3 is 2.18 bits per heavy atom. The van der Waals surface area contributed by atoms with Gasteiger partial charge in [-0.2, -0.15) is 0 Å². The highest BCUT2D eigenvalue weighted by Crippen LogP contribution is 2.15. The largest absolute Gasteiger partial charge is 0.0956 e. The molecule has 0 saturated carbocycles. The van der Waals surface area contributed by atoms with Crippen LogP contribution in [0.5, 0.6) is 0 Å². The molecule has 0 saturated heterocycles. The summed E-state index contributed by atoms with van der Waals surface area (Å²) in [5, 5.41) is 0. The molecule has 0 heterocycles. The van der Waals surface area contributed by atoms with E-state index in [0.717, 1.165) is 12.8 Å². The first-order chi connectivity index (χ1) is 5.26. The highest BCUT2D eigenvalue weighted by molar-refractivity contribution is 5.27. The van der Waals surface area contributed by atoms with Crippen molar-refractivity contribution in [1.29, 1.82) is 0 Å². The van der Waals surface area contributed by atoms with Crippen molar-refractivity contribution < 1.29 is 0 Å². The predicted octanol–water partition coefficient (Wildman–Crippen LogP) is 4.09. The normalized spacial score (nSPS) is 11.7. The van der Waals surface area contributed by atoms with Gasteiger partial charge in [0.05, 0.1) is 0 Å². The molecule has 0 heteroatoms. The maximum absolute atomic E-state index is 4.03. The molecular formula is C11H20. The topological polar surface area (TPSA) is 0 Å². The second-order valence-corrected chi connectivity index (χ2v) is 2.83. The van der Waals surface area contributed by atoms with Crippen LogP contribution in [0.4, 0.5) is 0 Å². The zero-order valence-corrected chi connectivity index (χ0v) is 8.11. The zero-order valence-electron chi connectivity index (χ0n) is 8.11. The molecular weight excluding hydrogens is 132 g/mol. The molecule has 0 amide bonds. The number of rotatable bonds is 5. The van der Waals surface area contributed by atoms with Gasteiger partial charge in [-0.05, 0) is 24.8 Å². The molecule has 11 heavy (non-hydrogen) atoms. The fraction of sp³-hybridized carbons (Fsp3) is 0.636. The molecule has 0 spiro atoms. The minimum absolute atomic E-state index is 1.09. The summed E-state index contributed by atoms with van der Waals surface area (Å²) >= 11 is 0. The van der Waals surface area contributed by atoms with Gasteiger partial charge in [0.25, 0.3) is 0 Å². The average Bonchev–Trinajstić information content (AvgIpc) is 2.05. The van der Waals surface area contributed by atoms with Gasteiger partial charge in [0.2, 0.25) is 0 Å². The zero-order chi connectivity index (χ0) is 8.69. The van der Waals surface area contributed by atoms with E-state index in [9.17, 15) is 0 Å². The van der Waals surface area contributed by atoms with Gasteiger partial charge in [0.1, 0.15) is 0 Å². The van der Waals surface area contributed by atoms with Crippen LogP contribution >= 0.6 is 0 Å². The summed E-state index contributed by atoms with van der Waals surface area (Å²) in [4.78, 5) is 0. The van der Waals surface area contributed by atoms with E-state index in [1.165, 1.54) is 24.0 Å². The van der Waals surface area contributed by atoms with Gasteiger partial charge in [0, 0.05) is 0 Å². The summed E-state index contributed by atoms with van der Waals surface area (Å²) in [5.41, 5.74) is 2.76. The molecule has 0 aromatic carbocycles. The van der Waals surface area contributed by atoms with Crippen molar-refractivity contribution >= 4 is 0 Å². The molecule has 0 aliphatic carbocycles. The maximum atomic E-state index is 4.03. The van der Waals surface area contributed by atoms with Crippen molar-refractivity contribution in [1.82, 2.24) is 0 Å². The van der Waals surface area contributed by atoms with Crippen LogP contribution in [0.25, 0.3) is 0 Å². The number of hydrogen-bond acceptors (Lipinski definition) is 0. The summed E-state index contributed by atoms with van der Waals surface area (Å²) in [5.74, 6) is 0. The first kappa shape index (κ1) is 10.5. The molecule has 64 valence electrons. The fourth-order valence-electron chi connectivity index (χ4n) is 1.08. The number of unbranched alkanes of at least 4 members (excludes halogenated alkanes) is 1. The van der Waals surface area contributed by atoms with E-state index in [1.54, 1.807) is 0 Å². The molecule has 0 radical (unpaired) electrons. The standard InChI is InChI=1S/C11H20/c1-5-8-9-11(7-3)10(4)6-2/h9H,4-8H2,1-3H3/b11-9+. The Bertz CT molecular complexity index is 140. The highest BCUT2D eigenvalue weighted by Gasteiger charge is 1.95. The summed E-state index contributed by atoms with van der Waals surface area (Å²) in [6.07, 6.45) is 6.98. The summed E-state index contributed by atoms with van der Waals surface area (Å²) in [6.45, 7) is 10.6. The third-order valence-corrected chi connectivity index (χ3v) is 1.94. The molecule has 0 aliphatic heterocycles. The van der Waals surface area contributed by atoms with Crippen LogP contribution in [0, 0.1) is 0 Å². The molecule has 0 nitrogen and oxygen atoms in total. The minimum atomic E-state index is 1.09. The Balaban J connectivity index is 4.03. The fourth-order valence-corrected chi connectivity index (χ4v) is 1.08. The lowest BCUT2D eigenvalue weighted by Crippen LogP contribution is -1.84. The quantitative estimate of drug-likeness (QED) is 0.520. The number of hydrogen-bond donors (Lipinski definition) is 0. The lowest BCUT2D eigenvalue weighted by Gasteiger charge is -2.05. The van der Waals surface area contributed by atoms with E-state index < -0.39 is 0 Å². The van der Waals surface area contributed by atoms with E-state index in [4.69, 9.17) is 0 Å². The second kappa shape index (κ2) is 6.21. The van der Waals surface area contributed by atoms with E-state index in [0.29, 0.717) is 0 Å². The third kappa shape index (κ3) is 4.02. The van der Waals surface area contributed by atoms with Crippen LogP contribution in [0.1, 0.15) is 46.5 Å². The van der Waals surface area contributed by atoms with Gasteiger partial charge >= 0.3 is 0 Å². The van der Waals surface area contributed by atoms with E-state index in [1.807, 2.05) is 0 Å². The smallest absolute Gasteiger partial charge is 0.0308 e. The van der Waals surface area contributed by atoms with Crippen LogP contribution in [-0.2, 0) is 0 Å². The van der Waals surface area contributed by atoms with Crippen LogP contribution < -0.4 is 0 Å². The second-order valence-electron chi connectivity index (χ2n) is 2.83. The van der Waals surface area contributed by atoms with Crippen molar-refractivity contribution in [3.63, 3.8) is 0 Å². The van der Waals surface area contributed by atoms with Gasteiger partial charge in [0.15, 0.2) is 0 Å². The third-order valence-electron chi connectivity index (χ3n) is 1.94. The molecule has 0 N–H and O–H groups in total. The van der Waals surface area contributed by atoms with Crippen LogP contribution in [-0.4, -0.2) is 0 Å². The molecule has 0 bridgehead atoms. The molecule has 0 unspecified atom stereocenters. The molecule has 0 aromatic heterocycles. The SMILES string of the molecule is C=C(CC)/C(=C/CCC)CC. The molecule has 0 aromatic rings. The van der Waals surface area contributed by atoms with Crippen molar-refractivity contribution in [3.8, 4) is 0 Å². The molecule has 0 rings (SSSR count). The molecule has 0 aliphatic rings. The summed E-state index contributed by atoms with van der Waals surface area (Å²) < 4.78 is 0. The van der Waals surface area contributed by atoms with E-state index in [-0.39, 0.29) is 0 Å². The van der Waals surface area contributed by atoms with Gasteiger partial charge in [-0.15, -0.1) is 0 Å². The Morgan fingerprint density at radius 1 is 1.18 bits per heavy atom. The van der Waals surface area contributed by atoms with Gasteiger partial charge in [-0.3, -0.25) is 0 Å². The first-order valence-electron chi connectivity index (χ1n) is 4.63. The van der Waals surface area contributed by atoms with Crippen molar-refractivity contribution in [2.24, 2.45) is 0 Å². The van der Waals surface area contributed by atoms with Crippen LogP contribution in [0.15, 0.2) is 23.8 Å². The predicted molar refractivity (Wildman–Crippen MR) is 52.7 cm³/mol. The van der Waals surface area contributed by atoms with Gasteiger partial charge in [-0.1, -0.05) is 45.4 Å². The monoisotopic (exact) mass is 152 g/mol. The molecule has 0 fully saturated rings. The van der Waals surface area contributed by atoms with E-state index >= 15 is 0 Å². The van der Waals surface area contributed by atoms with Crippen molar-refractivity contribution in [3.05, 3.63) is 23.8 Å². The Kier molecular flexibility index (Phi) is 5.91. The van der Waals surface area contributed by atoms with E-state index in [2.05, 4.69) is 33.4 Å². The van der Waals surface area contributed by atoms with Gasteiger partial charge in [-0.25, -0.2) is 0 Å². The highest BCUT2D eigenvalue weighted by atomic mass is 14.0. The number of allylic oxidation sites excluding steroid dienone is 3. The average molecular weight is 152 g/mol. The lowest BCUT2D eigenvalue weighted by molar-refractivity contribution is 0.927. The lowest BCUT2D eigenvalue weighted by atomic mass is 10.0. The van der Waals surface area contributed by atoms with Gasteiger partial charge < -0.3 is 0 Å². The first-order valence-corrected chi connectivity index (χ1v) is 4.63. The molecule has 0 atom stereocenters.